The molecule has 6 nitrogen and oxygen atoms in total. The number of hydrogen-bond acceptors (Lipinski definition) is 6. The van der Waals surface area contributed by atoms with Crippen LogP contribution in [-0.4, -0.2) is 58.9 Å². The first-order valence-corrected chi connectivity index (χ1v) is 10.2. The molecule has 2 aliphatic heterocycles. The Hall–Kier alpha value is -1.74. The maximum atomic E-state index is 12.6. The van der Waals surface area contributed by atoms with Gasteiger partial charge in [-0.2, -0.15) is 0 Å². The van der Waals surface area contributed by atoms with Crippen LogP contribution >= 0.6 is 24.0 Å². The van der Waals surface area contributed by atoms with Crippen LogP contribution in [0, 0.1) is 6.92 Å². The zero-order valence-corrected chi connectivity index (χ0v) is 16.9. The Bertz CT molecular complexity index is 743. The Morgan fingerprint density at radius 1 is 1.30 bits per heavy atom. The summed E-state index contributed by atoms with van der Waals surface area (Å²) in [5.74, 6) is -0.128. The predicted octanol–water partition coefficient (Wildman–Crippen LogP) is 2.34. The van der Waals surface area contributed by atoms with Gasteiger partial charge in [-0.15, -0.1) is 0 Å². The number of carbonyl (C=O) groups excluding carboxylic acids is 2. The van der Waals surface area contributed by atoms with Gasteiger partial charge in [-0.1, -0.05) is 53.8 Å². The van der Waals surface area contributed by atoms with Gasteiger partial charge in [0, 0.05) is 26.1 Å². The number of benzene rings is 1. The van der Waals surface area contributed by atoms with Crippen LogP contribution in [0.3, 0.4) is 0 Å². The first-order chi connectivity index (χ1) is 13.0. The average molecular weight is 406 g/mol. The van der Waals surface area contributed by atoms with Crippen LogP contribution in [0.1, 0.15) is 24.0 Å². The number of aryl methyl sites for hydroxylation is 1. The number of nitrogens with zero attached hydrogens (tertiary/aromatic N) is 2. The Balaban J connectivity index is 1.48. The number of hydrogen-bond donors (Lipinski definition) is 1. The monoisotopic (exact) mass is 405 g/mol. The van der Waals surface area contributed by atoms with Gasteiger partial charge in [0.25, 0.3) is 5.91 Å². The van der Waals surface area contributed by atoms with Crippen molar-refractivity contribution in [2.75, 3.05) is 32.8 Å². The lowest BCUT2D eigenvalue weighted by molar-refractivity contribution is -0.128. The molecule has 3 rings (SSSR count). The molecule has 2 aliphatic rings. The number of nitrogens with one attached hydrogen (secondary N) is 1. The molecule has 0 aromatic heterocycles. The molecule has 2 heterocycles. The smallest absolute Gasteiger partial charge is 0.266 e. The normalized spacial score (nSPS) is 19.7. The second-order valence-electron chi connectivity index (χ2n) is 6.48. The largest absolute Gasteiger partial charge is 0.379 e. The third-order valence-corrected chi connectivity index (χ3v) is 5.71. The van der Waals surface area contributed by atoms with Crippen LogP contribution in [0.4, 0.5) is 0 Å². The molecule has 0 saturated carbocycles. The molecule has 0 radical (unpaired) electrons. The van der Waals surface area contributed by atoms with E-state index in [2.05, 4.69) is 5.43 Å². The minimum atomic E-state index is -0.0841. The van der Waals surface area contributed by atoms with Gasteiger partial charge in [0.05, 0.1) is 18.1 Å². The van der Waals surface area contributed by atoms with Crippen LogP contribution in [0.5, 0.6) is 0 Å². The average Bonchev–Trinajstić information content (AvgIpc) is 2.92. The van der Waals surface area contributed by atoms with E-state index in [1.807, 2.05) is 42.3 Å². The van der Waals surface area contributed by atoms with Crippen LogP contribution < -0.4 is 5.43 Å². The molecule has 27 heavy (non-hydrogen) atoms. The number of rotatable bonds is 6. The van der Waals surface area contributed by atoms with Crippen molar-refractivity contribution in [2.45, 2.75) is 19.8 Å². The van der Waals surface area contributed by atoms with Crippen molar-refractivity contribution in [1.82, 2.24) is 15.3 Å². The Kier molecular flexibility index (Phi) is 7.01. The second-order valence-corrected chi connectivity index (χ2v) is 8.16. The van der Waals surface area contributed by atoms with Gasteiger partial charge in [-0.3, -0.25) is 19.9 Å². The van der Waals surface area contributed by atoms with Crippen molar-refractivity contribution in [1.29, 1.82) is 0 Å². The summed E-state index contributed by atoms with van der Waals surface area (Å²) in [4.78, 5) is 26.9. The fourth-order valence-corrected chi connectivity index (χ4v) is 4.12. The molecule has 144 valence electrons. The van der Waals surface area contributed by atoms with Gasteiger partial charge >= 0.3 is 0 Å². The molecule has 0 spiro atoms. The van der Waals surface area contributed by atoms with Gasteiger partial charge in [-0.05, 0) is 25.0 Å². The molecule has 8 heteroatoms. The second kappa shape index (κ2) is 9.45. The summed E-state index contributed by atoms with van der Waals surface area (Å²) >= 11 is 6.66. The maximum absolute atomic E-state index is 12.6. The number of morpholine rings is 1. The van der Waals surface area contributed by atoms with E-state index in [1.165, 1.54) is 17.3 Å². The zero-order valence-electron chi connectivity index (χ0n) is 15.3. The molecule has 2 saturated heterocycles. The summed E-state index contributed by atoms with van der Waals surface area (Å²) in [6.45, 7) is 5.13. The number of thiocarbonyl (C=S) groups is 1. The molecule has 0 aliphatic carbocycles. The van der Waals surface area contributed by atoms with E-state index in [9.17, 15) is 9.59 Å². The molecule has 0 atom stereocenters. The van der Waals surface area contributed by atoms with E-state index in [0.717, 1.165) is 5.56 Å². The van der Waals surface area contributed by atoms with Crippen molar-refractivity contribution >= 4 is 46.2 Å². The van der Waals surface area contributed by atoms with E-state index in [0.29, 0.717) is 54.9 Å². The molecule has 2 amide bonds. The molecule has 0 unspecified atom stereocenters. The highest BCUT2D eigenvalue weighted by Crippen LogP contribution is 2.32. The SMILES string of the molecule is Cc1ccc(/C=C2\SC(=S)N(CCCC(=O)NN3CCOCC3)C2=O)cc1. The number of carbonyl (C=O) groups is 2. The highest BCUT2D eigenvalue weighted by molar-refractivity contribution is 8.26. The van der Waals surface area contributed by atoms with Gasteiger partial charge in [0.2, 0.25) is 5.91 Å². The van der Waals surface area contributed by atoms with E-state index in [-0.39, 0.29) is 11.8 Å². The standard InChI is InChI=1S/C19H23N3O3S2/c1-14-4-6-15(7-5-14)13-16-18(24)22(19(26)27-16)8-2-3-17(23)20-21-9-11-25-12-10-21/h4-7,13H,2-3,8-12H2,1H3,(H,20,23)/b16-13-. The Labute approximate surface area is 168 Å². The summed E-state index contributed by atoms with van der Waals surface area (Å²) in [7, 11) is 0. The lowest BCUT2D eigenvalue weighted by atomic mass is 10.1. The van der Waals surface area contributed by atoms with E-state index < -0.39 is 0 Å². The lowest BCUT2D eigenvalue weighted by Crippen LogP contribution is -2.48. The molecular formula is C19H23N3O3S2. The quantitative estimate of drug-likeness (QED) is 0.579. The van der Waals surface area contributed by atoms with Crippen molar-refractivity contribution in [3.05, 3.63) is 40.3 Å². The third kappa shape index (κ3) is 5.62. The molecule has 1 aromatic carbocycles. The van der Waals surface area contributed by atoms with Crippen LogP contribution in [0.15, 0.2) is 29.2 Å². The summed E-state index contributed by atoms with van der Waals surface area (Å²) < 4.78 is 5.80. The van der Waals surface area contributed by atoms with E-state index >= 15 is 0 Å². The van der Waals surface area contributed by atoms with Crippen LogP contribution in [-0.2, 0) is 14.3 Å². The Morgan fingerprint density at radius 3 is 2.70 bits per heavy atom. The fourth-order valence-electron chi connectivity index (χ4n) is 2.81. The first-order valence-electron chi connectivity index (χ1n) is 8.97. The summed E-state index contributed by atoms with van der Waals surface area (Å²) in [6, 6.07) is 8.00. The maximum Gasteiger partial charge on any atom is 0.266 e. The van der Waals surface area contributed by atoms with E-state index in [4.69, 9.17) is 17.0 Å². The van der Waals surface area contributed by atoms with Gasteiger partial charge in [0.15, 0.2) is 0 Å². The van der Waals surface area contributed by atoms with Gasteiger partial charge in [-0.25, -0.2) is 5.01 Å². The summed E-state index contributed by atoms with van der Waals surface area (Å²) in [5, 5.41) is 1.87. The number of ether oxygens (including phenoxy) is 1. The highest BCUT2D eigenvalue weighted by atomic mass is 32.2. The summed E-state index contributed by atoms with van der Waals surface area (Å²) in [5.41, 5.74) is 5.03. The number of amides is 2. The van der Waals surface area contributed by atoms with Gasteiger partial charge < -0.3 is 4.74 Å². The minimum absolute atomic E-state index is 0.0439. The molecular weight excluding hydrogens is 382 g/mol. The fraction of sp³-hybridized carbons (Fsp3) is 0.421. The Morgan fingerprint density at radius 2 is 2.00 bits per heavy atom. The lowest BCUT2D eigenvalue weighted by Gasteiger charge is -2.27. The van der Waals surface area contributed by atoms with Crippen molar-refractivity contribution in [3.63, 3.8) is 0 Å². The minimum Gasteiger partial charge on any atom is -0.379 e. The summed E-state index contributed by atoms with van der Waals surface area (Å²) in [6.07, 6.45) is 2.79. The van der Waals surface area contributed by atoms with Crippen molar-refractivity contribution in [3.8, 4) is 0 Å². The zero-order chi connectivity index (χ0) is 19.2. The van der Waals surface area contributed by atoms with Crippen molar-refractivity contribution in [2.24, 2.45) is 0 Å². The molecule has 0 bridgehead atoms. The molecule has 1 N–H and O–H groups in total. The first kappa shape index (κ1) is 20.0. The third-order valence-electron chi connectivity index (χ3n) is 4.33. The molecule has 2 fully saturated rings. The van der Waals surface area contributed by atoms with Gasteiger partial charge in [0.1, 0.15) is 4.32 Å². The van der Waals surface area contributed by atoms with Crippen molar-refractivity contribution < 1.29 is 14.3 Å². The number of hydrazine groups is 1. The van der Waals surface area contributed by atoms with Crippen LogP contribution in [0.25, 0.3) is 6.08 Å². The molecule has 1 aromatic rings. The predicted molar refractivity (Wildman–Crippen MR) is 111 cm³/mol. The van der Waals surface area contributed by atoms with E-state index in [1.54, 1.807) is 4.90 Å². The number of thioether (sulfide) groups is 1. The topological polar surface area (TPSA) is 61.9 Å². The van der Waals surface area contributed by atoms with Crippen LogP contribution in [0.2, 0.25) is 0 Å². The highest BCUT2D eigenvalue weighted by Gasteiger charge is 2.31.